The van der Waals surface area contributed by atoms with Gasteiger partial charge in [0, 0.05) is 4.47 Å². The minimum Gasteiger partial charge on any atom is -0.409 e. The maximum absolute atomic E-state index is 11.8. The highest BCUT2D eigenvalue weighted by molar-refractivity contribution is 9.10. The lowest BCUT2D eigenvalue weighted by Gasteiger charge is -2.14. The molecular weight excluding hydrogens is 294 g/mol. The van der Waals surface area contributed by atoms with Crippen LogP contribution in [0.15, 0.2) is 21.1 Å². The van der Waals surface area contributed by atoms with Gasteiger partial charge in [0.2, 0.25) is 0 Å². The topological polar surface area (TPSA) is 87.7 Å². The Morgan fingerprint density at radius 3 is 2.94 bits per heavy atom. The Morgan fingerprint density at radius 1 is 1.81 bits per heavy atom. The van der Waals surface area contributed by atoms with E-state index in [9.17, 15) is 4.79 Å². The summed E-state index contributed by atoms with van der Waals surface area (Å²) in [6.07, 6.45) is 0.560. The average Bonchev–Trinajstić information content (AvgIpc) is 2.71. The van der Waals surface area contributed by atoms with Crippen molar-refractivity contribution in [1.82, 2.24) is 5.32 Å². The zero-order valence-corrected chi connectivity index (χ0v) is 11.0. The summed E-state index contributed by atoms with van der Waals surface area (Å²) in [5.74, 6) is -0.233. The predicted molar refractivity (Wildman–Crippen MR) is 67.0 cm³/mol. The van der Waals surface area contributed by atoms with Gasteiger partial charge in [0.1, 0.15) is 4.88 Å². The van der Waals surface area contributed by atoms with E-state index in [4.69, 9.17) is 10.9 Å². The van der Waals surface area contributed by atoms with Crippen LogP contribution in [-0.4, -0.2) is 23.0 Å². The number of hydrogen-bond donors (Lipinski definition) is 3. The van der Waals surface area contributed by atoms with E-state index in [2.05, 4.69) is 26.4 Å². The first-order valence-electron chi connectivity index (χ1n) is 4.61. The molecule has 0 aromatic carbocycles. The smallest absolute Gasteiger partial charge is 0.263 e. The third-order valence-electron chi connectivity index (χ3n) is 2.01. The Balaban J connectivity index is 2.74. The third kappa shape index (κ3) is 2.96. The Labute approximate surface area is 105 Å². The fourth-order valence-corrected chi connectivity index (χ4v) is 2.59. The van der Waals surface area contributed by atoms with Crippen molar-refractivity contribution in [3.63, 3.8) is 0 Å². The molecule has 16 heavy (non-hydrogen) atoms. The summed E-state index contributed by atoms with van der Waals surface area (Å²) >= 11 is 4.60. The molecule has 1 unspecified atom stereocenters. The van der Waals surface area contributed by atoms with Gasteiger partial charge in [-0.2, -0.15) is 0 Å². The summed E-state index contributed by atoms with van der Waals surface area (Å²) in [5, 5.41) is 15.9. The van der Waals surface area contributed by atoms with Gasteiger partial charge in [-0.3, -0.25) is 4.79 Å². The molecule has 7 heteroatoms. The highest BCUT2D eigenvalue weighted by Crippen LogP contribution is 2.22. The second-order valence-corrected chi connectivity index (χ2v) is 4.83. The molecule has 1 heterocycles. The maximum Gasteiger partial charge on any atom is 0.263 e. The first kappa shape index (κ1) is 13.0. The van der Waals surface area contributed by atoms with Crippen molar-refractivity contribution in [3.05, 3.63) is 20.8 Å². The number of carbonyl (C=O) groups is 1. The zero-order valence-electron chi connectivity index (χ0n) is 8.61. The molecule has 0 radical (unpaired) electrons. The monoisotopic (exact) mass is 305 g/mol. The Hall–Kier alpha value is -1.08. The molecule has 0 fully saturated rings. The molecule has 1 aromatic heterocycles. The number of nitrogens with two attached hydrogens (primary N) is 1. The lowest BCUT2D eigenvalue weighted by molar-refractivity contribution is 0.0949. The fraction of sp³-hybridized carbons (Fsp3) is 0.333. The van der Waals surface area contributed by atoms with E-state index in [0.29, 0.717) is 11.3 Å². The molecule has 0 bridgehead atoms. The van der Waals surface area contributed by atoms with Crippen molar-refractivity contribution in [2.24, 2.45) is 10.9 Å². The van der Waals surface area contributed by atoms with Gasteiger partial charge in [0.15, 0.2) is 5.84 Å². The summed E-state index contributed by atoms with van der Waals surface area (Å²) in [4.78, 5) is 12.4. The van der Waals surface area contributed by atoms with Crippen LogP contribution in [0.2, 0.25) is 0 Å². The number of halogens is 1. The highest BCUT2D eigenvalue weighted by atomic mass is 79.9. The van der Waals surface area contributed by atoms with E-state index >= 15 is 0 Å². The molecule has 0 saturated heterocycles. The molecule has 4 N–H and O–H groups in total. The van der Waals surface area contributed by atoms with Crippen LogP contribution in [0.3, 0.4) is 0 Å². The van der Waals surface area contributed by atoms with Crippen molar-refractivity contribution >= 4 is 39.0 Å². The number of carbonyl (C=O) groups excluding carboxylic acids is 1. The summed E-state index contributed by atoms with van der Waals surface area (Å²) in [6.45, 7) is 1.84. The standard InChI is InChI=1S/C9H12BrN3O2S/c1-2-6(8(11)13-15)12-9(14)7-5(10)3-4-16-7/h3-4,6,15H,2H2,1H3,(H2,11,13)(H,12,14). The van der Waals surface area contributed by atoms with E-state index in [1.54, 1.807) is 6.07 Å². The van der Waals surface area contributed by atoms with Crippen LogP contribution >= 0.6 is 27.3 Å². The number of amides is 1. The van der Waals surface area contributed by atoms with Gasteiger partial charge < -0.3 is 16.3 Å². The summed E-state index contributed by atoms with van der Waals surface area (Å²) in [7, 11) is 0. The van der Waals surface area contributed by atoms with Gasteiger partial charge in [-0.1, -0.05) is 12.1 Å². The number of thiophene rings is 1. The molecular formula is C9H12BrN3O2S. The maximum atomic E-state index is 11.8. The number of amidine groups is 1. The lowest BCUT2D eigenvalue weighted by Crippen LogP contribution is -2.44. The van der Waals surface area contributed by atoms with Crippen LogP contribution in [0, 0.1) is 0 Å². The van der Waals surface area contributed by atoms with Crippen LogP contribution in [0.5, 0.6) is 0 Å². The van der Waals surface area contributed by atoms with Crippen molar-refractivity contribution in [3.8, 4) is 0 Å². The second kappa shape index (κ2) is 5.86. The molecule has 1 aromatic rings. The molecule has 0 aliphatic carbocycles. The first-order valence-corrected chi connectivity index (χ1v) is 6.28. The number of nitrogens with zero attached hydrogens (tertiary/aromatic N) is 1. The van der Waals surface area contributed by atoms with Gasteiger partial charge in [-0.25, -0.2) is 0 Å². The number of hydrogen-bond acceptors (Lipinski definition) is 4. The molecule has 0 saturated carbocycles. The van der Waals surface area contributed by atoms with Crippen LogP contribution in [0.25, 0.3) is 0 Å². The van der Waals surface area contributed by atoms with Crippen molar-refractivity contribution < 1.29 is 10.0 Å². The van der Waals surface area contributed by atoms with E-state index in [0.717, 1.165) is 4.47 Å². The summed E-state index contributed by atoms with van der Waals surface area (Å²) in [5.41, 5.74) is 5.44. The molecule has 88 valence electrons. The van der Waals surface area contributed by atoms with Crippen LogP contribution < -0.4 is 11.1 Å². The summed E-state index contributed by atoms with van der Waals surface area (Å²) in [6, 6.07) is 1.34. The molecule has 1 atom stereocenters. The van der Waals surface area contributed by atoms with Crippen molar-refractivity contribution in [1.29, 1.82) is 0 Å². The highest BCUT2D eigenvalue weighted by Gasteiger charge is 2.18. The SMILES string of the molecule is CCC(NC(=O)c1sccc1Br)C(N)=NO. The number of rotatable bonds is 4. The number of nitrogens with one attached hydrogen (secondary N) is 1. The van der Waals surface area contributed by atoms with E-state index in [-0.39, 0.29) is 11.7 Å². The zero-order chi connectivity index (χ0) is 12.1. The quantitative estimate of drug-likeness (QED) is 0.343. The predicted octanol–water partition coefficient (Wildman–Crippen LogP) is 1.77. The normalized spacial score (nSPS) is 13.5. The Morgan fingerprint density at radius 2 is 2.50 bits per heavy atom. The molecule has 0 aliphatic rings. The van der Waals surface area contributed by atoms with Gasteiger partial charge in [-0.05, 0) is 33.8 Å². The Kier molecular flexibility index (Phi) is 4.75. The van der Waals surface area contributed by atoms with Crippen LogP contribution in [0.1, 0.15) is 23.0 Å². The van der Waals surface area contributed by atoms with Gasteiger partial charge in [0.05, 0.1) is 6.04 Å². The van der Waals surface area contributed by atoms with Gasteiger partial charge in [-0.15, -0.1) is 11.3 Å². The lowest BCUT2D eigenvalue weighted by atomic mass is 10.2. The molecule has 1 rings (SSSR count). The van der Waals surface area contributed by atoms with Gasteiger partial charge in [0.25, 0.3) is 5.91 Å². The van der Waals surface area contributed by atoms with E-state index in [1.807, 2.05) is 12.3 Å². The minimum atomic E-state index is -0.452. The fourth-order valence-electron chi connectivity index (χ4n) is 1.13. The largest absolute Gasteiger partial charge is 0.409 e. The third-order valence-corrected chi connectivity index (χ3v) is 3.85. The van der Waals surface area contributed by atoms with E-state index < -0.39 is 6.04 Å². The molecule has 0 aliphatic heterocycles. The van der Waals surface area contributed by atoms with Gasteiger partial charge >= 0.3 is 0 Å². The van der Waals surface area contributed by atoms with Crippen molar-refractivity contribution in [2.45, 2.75) is 19.4 Å². The molecule has 0 spiro atoms. The molecule has 1 amide bonds. The Bertz CT molecular complexity index is 405. The van der Waals surface area contributed by atoms with Crippen LogP contribution in [0.4, 0.5) is 0 Å². The first-order chi connectivity index (χ1) is 7.60. The summed E-state index contributed by atoms with van der Waals surface area (Å²) < 4.78 is 0.740. The van der Waals surface area contributed by atoms with E-state index in [1.165, 1.54) is 11.3 Å². The van der Waals surface area contributed by atoms with Crippen molar-refractivity contribution in [2.75, 3.05) is 0 Å². The second-order valence-electron chi connectivity index (χ2n) is 3.06. The van der Waals surface area contributed by atoms with Crippen LogP contribution in [-0.2, 0) is 0 Å². The minimum absolute atomic E-state index is 0.00327. The molecule has 5 nitrogen and oxygen atoms in total. The average molecular weight is 306 g/mol. The number of oxime groups is 1.